The molecular formula is C27H38N2S6. The highest BCUT2D eigenvalue weighted by atomic mass is 32.2. The molecule has 0 radical (unpaired) electrons. The van der Waals surface area contributed by atoms with Gasteiger partial charge in [0.2, 0.25) is 0 Å². The second-order valence-electron chi connectivity index (χ2n) is 11.1. The van der Waals surface area contributed by atoms with Crippen LogP contribution in [0.3, 0.4) is 0 Å². The minimum atomic E-state index is -0.0266. The average Bonchev–Trinajstić information content (AvgIpc) is 3.42. The van der Waals surface area contributed by atoms with E-state index < -0.39 is 0 Å². The van der Waals surface area contributed by atoms with Gasteiger partial charge < -0.3 is 9.80 Å². The third kappa shape index (κ3) is 6.08. The lowest BCUT2D eigenvalue weighted by Gasteiger charge is -2.45. The Morgan fingerprint density at radius 1 is 0.857 bits per heavy atom. The first-order chi connectivity index (χ1) is 16.5. The number of hydrogen-bond acceptors (Lipinski definition) is 6. The van der Waals surface area contributed by atoms with Gasteiger partial charge in [-0.15, -0.1) is 23.5 Å². The van der Waals surface area contributed by atoms with E-state index in [0.29, 0.717) is 11.8 Å². The van der Waals surface area contributed by atoms with Crippen LogP contribution < -0.4 is 0 Å². The molecule has 0 bridgehead atoms. The standard InChI is InChI=1S/C27H38N2S6/c1-18-19-8-14-34-21(19)16-23(30)28(18)26(2,3)10-6-12-33-13-7-11-27(4,5)29-24(31)17-22-20(25(29)32)9-15-35-22/h16-17,19-20H,1,6-15H2,2-5H3. The summed E-state index contributed by atoms with van der Waals surface area (Å²) in [5, 5.41) is 0. The minimum absolute atomic E-state index is 0.0105. The largest absolute Gasteiger partial charge is 0.331 e. The first kappa shape index (κ1) is 28.2. The Balaban J connectivity index is 1.19. The summed E-state index contributed by atoms with van der Waals surface area (Å²) in [4.78, 5) is 10.3. The van der Waals surface area contributed by atoms with Crippen LogP contribution in [-0.2, 0) is 0 Å². The highest BCUT2D eigenvalue weighted by molar-refractivity contribution is 8.03. The minimum Gasteiger partial charge on any atom is -0.331 e. The molecule has 0 aliphatic carbocycles. The summed E-state index contributed by atoms with van der Waals surface area (Å²) in [5.74, 6) is 5.61. The van der Waals surface area contributed by atoms with E-state index in [4.69, 9.17) is 36.7 Å². The third-order valence-electron chi connectivity index (χ3n) is 7.58. The van der Waals surface area contributed by atoms with Crippen molar-refractivity contribution in [3.63, 3.8) is 0 Å². The van der Waals surface area contributed by atoms with Gasteiger partial charge in [0.05, 0.1) is 4.99 Å². The van der Waals surface area contributed by atoms with E-state index in [9.17, 15) is 0 Å². The molecule has 2 saturated heterocycles. The van der Waals surface area contributed by atoms with E-state index in [2.05, 4.69) is 68.0 Å². The molecule has 0 saturated carbocycles. The summed E-state index contributed by atoms with van der Waals surface area (Å²) in [6.45, 7) is 13.7. The molecule has 0 aromatic rings. The van der Waals surface area contributed by atoms with Crippen molar-refractivity contribution in [1.82, 2.24) is 9.80 Å². The number of hydrogen-bond donors (Lipinski definition) is 0. The van der Waals surface area contributed by atoms with E-state index in [1.165, 1.54) is 52.0 Å². The monoisotopic (exact) mass is 582 g/mol. The van der Waals surface area contributed by atoms with E-state index in [1.807, 2.05) is 23.5 Å². The molecule has 2 atom stereocenters. The Labute approximate surface area is 241 Å². The Hall–Kier alpha value is 0.140. The Morgan fingerprint density at radius 2 is 1.34 bits per heavy atom. The second-order valence-corrected chi connectivity index (χ2v) is 15.9. The lowest BCUT2D eigenvalue weighted by atomic mass is 9.89. The van der Waals surface area contributed by atoms with Crippen molar-refractivity contribution in [1.29, 1.82) is 0 Å². The van der Waals surface area contributed by atoms with Crippen LogP contribution in [0.2, 0.25) is 0 Å². The van der Waals surface area contributed by atoms with Crippen molar-refractivity contribution in [3.8, 4) is 0 Å². The van der Waals surface area contributed by atoms with Crippen molar-refractivity contribution in [2.24, 2.45) is 11.8 Å². The summed E-state index contributed by atoms with van der Waals surface area (Å²) in [6.07, 6.45) is 11.4. The van der Waals surface area contributed by atoms with Crippen LogP contribution in [0.25, 0.3) is 0 Å². The molecule has 0 aromatic heterocycles. The fourth-order valence-electron chi connectivity index (χ4n) is 5.69. The van der Waals surface area contributed by atoms with Crippen LogP contribution in [0.15, 0.2) is 34.2 Å². The van der Waals surface area contributed by atoms with Crippen LogP contribution in [0.4, 0.5) is 0 Å². The molecule has 192 valence electrons. The SMILES string of the molecule is C=C1C2CCSC2=CC(=S)N1C(C)(C)CCCSCCCC(C)(C)N1C(=S)C=C2SCCC2C1=S. The molecular weight excluding hydrogens is 545 g/mol. The topological polar surface area (TPSA) is 6.48 Å². The van der Waals surface area contributed by atoms with Crippen LogP contribution in [0.1, 0.15) is 66.2 Å². The fourth-order valence-corrected chi connectivity index (χ4v) is 10.9. The quantitative estimate of drug-likeness (QED) is 0.185. The molecule has 2 nitrogen and oxygen atoms in total. The smallest absolute Gasteiger partial charge is 0.108 e. The van der Waals surface area contributed by atoms with E-state index >= 15 is 0 Å². The first-order valence-corrected chi connectivity index (χ1v) is 17.1. The van der Waals surface area contributed by atoms with Gasteiger partial charge in [0.15, 0.2) is 0 Å². The van der Waals surface area contributed by atoms with Gasteiger partial charge in [-0.1, -0.05) is 43.2 Å². The van der Waals surface area contributed by atoms with Crippen molar-refractivity contribution >= 4 is 86.9 Å². The zero-order valence-electron chi connectivity index (χ0n) is 21.4. The zero-order valence-corrected chi connectivity index (χ0v) is 26.3. The molecule has 35 heavy (non-hydrogen) atoms. The van der Waals surface area contributed by atoms with E-state index in [-0.39, 0.29) is 11.1 Å². The second kappa shape index (κ2) is 11.5. The van der Waals surface area contributed by atoms with Crippen molar-refractivity contribution in [2.45, 2.75) is 77.3 Å². The maximum absolute atomic E-state index is 5.91. The average molecular weight is 583 g/mol. The summed E-state index contributed by atoms with van der Waals surface area (Å²) >= 11 is 23.4. The van der Waals surface area contributed by atoms with Crippen LogP contribution >= 0.6 is 71.9 Å². The van der Waals surface area contributed by atoms with Gasteiger partial charge in [0.25, 0.3) is 0 Å². The predicted octanol–water partition coefficient (Wildman–Crippen LogP) is 8.24. The molecule has 4 rings (SSSR count). The molecule has 2 unspecified atom stereocenters. The Bertz CT molecular complexity index is 887. The van der Waals surface area contributed by atoms with Crippen molar-refractivity contribution in [3.05, 3.63) is 34.2 Å². The predicted molar refractivity (Wildman–Crippen MR) is 172 cm³/mol. The summed E-state index contributed by atoms with van der Waals surface area (Å²) < 4.78 is 0. The molecule has 4 aliphatic heterocycles. The molecule has 0 spiro atoms. The molecule has 4 aliphatic rings. The van der Waals surface area contributed by atoms with Gasteiger partial charge in [-0.25, -0.2) is 0 Å². The van der Waals surface area contributed by atoms with Gasteiger partial charge in [0.1, 0.15) is 9.98 Å². The molecule has 0 N–H and O–H groups in total. The summed E-state index contributed by atoms with van der Waals surface area (Å²) in [5.41, 5.74) is 1.20. The van der Waals surface area contributed by atoms with Crippen molar-refractivity contribution < 1.29 is 0 Å². The number of thioether (sulfide) groups is 3. The number of rotatable bonds is 10. The van der Waals surface area contributed by atoms with E-state index in [1.54, 1.807) is 0 Å². The molecule has 0 aromatic carbocycles. The molecule has 8 heteroatoms. The molecule has 0 amide bonds. The molecule has 4 heterocycles. The Morgan fingerprint density at radius 3 is 1.94 bits per heavy atom. The number of nitrogens with zero attached hydrogens (tertiary/aromatic N) is 2. The lowest BCUT2D eigenvalue weighted by molar-refractivity contribution is 0.230. The van der Waals surface area contributed by atoms with Crippen LogP contribution in [0.5, 0.6) is 0 Å². The third-order valence-corrected chi connectivity index (χ3v) is 12.2. The Kier molecular flexibility index (Phi) is 9.24. The van der Waals surface area contributed by atoms with Gasteiger partial charge in [-0.3, -0.25) is 0 Å². The highest BCUT2D eigenvalue weighted by Crippen LogP contribution is 2.46. The van der Waals surface area contributed by atoms with E-state index in [0.717, 1.165) is 40.0 Å². The first-order valence-electron chi connectivity index (χ1n) is 12.7. The molecule has 2 fully saturated rings. The normalized spacial score (nSPS) is 25.1. The van der Waals surface area contributed by atoms with Gasteiger partial charge in [-0.2, -0.15) is 11.8 Å². The van der Waals surface area contributed by atoms with Gasteiger partial charge in [0, 0.05) is 28.6 Å². The van der Waals surface area contributed by atoms with Crippen molar-refractivity contribution in [2.75, 3.05) is 23.0 Å². The summed E-state index contributed by atoms with van der Waals surface area (Å²) in [6, 6.07) is 0. The number of thiocarbonyl (C=S) groups is 3. The van der Waals surface area contributed by atoms with Crippen LogP contribution in [-0.4, -0.2) is 58.9 Å². The number of allylic oxidation sites excluding steroid dienone is 1. The lowest BCUT2D eigenvalue weighted by Crippen LogP contribution is -2.53. The van der Waals surface area contributed by atoms with Crippen LogP contribution in [0, 0.1) is 11.8 Å². The van der Waals surface area contributed by atoms with Gasteiger partial charge >= 0.3 is 0 Å². The van der Waals surface area contributed by atoms with Gasteiger partial charge in [-0.05, 0) is 111 Å². The fraction of sp³-hybridized carbons (Fsp3) is 0.667. The zero-order chi connectivity index (χ0) is 25.4. The maximum Gasteiger partial charge on any atom is 0.108 e. The highest BCUT2D eigenvalue weighted by Gasteiger charge is 2.41. The summed E-state index contributed by atoms with van der Waals surface area (Å²) in [7, 11) is 0. The number of fused-ring (bicyclic) bond motifs is 2. The maximum atomic E-state index is 5.91.